The van der Waals surface area contributed by atoms with Crippen molar-refractivity contribution in [2.75, 3.05) is 19.8 Å². The summed E-state index contributed by atoms with van der Waals surface area (Å²) in [5.74, 6) is -1.87. The first-order chi connectivity index (χ1) is 10.4. The molecule has 0 aliphatic carbocycles. The van der Waals surface area contributed by atoms with Crippen LogP contribution in [0.15, 0.2) is 21.9 Å². The fraction of sp³-hybridized carbons (Fsp3) is 0.667. The molecule has 0 radical (unpaired) electrons. The third kappa shape index (κ3) is 2.97. The molecule has 2 heterocycles. The van der Waals surface area contributed by atoms with Crippen LogP contribution in [0, 0.1) is 0 Å². The molecule has 1 aliphatic rings. The smallest absolute Gasteiger partial charge is 0.330 e. The van der Waals surface area contributed by atoms with E-state index in [1.54, 1.807) is 0 Å². The second-order valence-electron chi connectivity index (χ2n) is 4.92. The van der Waals surface area contributed by atoms with E-state index in [0.29, 0.717) is 13.0 Å². The van der Waals surface area contributed by atoms with Crippen molar-refractivity contribution in [1.29, 1.82) is 0 Å². The minimum absolute atomic E-state index is 0.0914. The van der Waals surface area contributed by atoms with Gasteiger partial charge in [-0.3, -0.25) is 14.3 Å². The van der Waals surface area contributed by atoms with Crippen molar-refractivity contribution in [3.63, 3.8) is 0 Å². The van der Waals surface area contributed by atoms with Gasteiger partial charge in [0.25, 0.3) is 5.56 Å². The number of nitrogens with zero attached hydrogens (tertiary/aromatic N) is 1. The van der Waals surface area contributed by atoms with E-state index in [1.807, 2.05) is 4.98 Å². The molecule has 0 bridgehead atoms. The van der Waals surface area contributed by atoms with Crippen molar-refractivity contribution in [2.45, 2.75) is 30.6 Å². The van der Waals surface area contributed by atoms with E-state index < -0.39 is 42.1 Å². The molecule has 10 heteroatoms. The number of nitrogens with two attached hydrogens (primary N) is 1. The summed E-state index contributed by atoms with van der Waals surface area (Å²) in [6.07, 6.45) is -2.86. The first-order valence-corrected chi connectivity index (χ1v) is 6.75. The predicted octanol–water partition coefficient (Wildman–Crippen LogP) is -3.16. The van der Waals surface area contributed by atoms with Gasteiger partial charge in [-0.05, 0) is 13.0 Å². The van der Waals surface area contributed by atoms with Crippen LogP contribution in [-0.4, -0.2) is 62.6 Å². The van der Waals surface area contributed by atoms with Gasteiger partial charge in [0.05, 0.1) is 6.61 Å². The van der Waals surface area contributed by atoms with Crippen LogP contribution < -0.4 is 17.0 Å². The normalized spacial score (nSPS) is 31.5. The van der Waals surface area contributed by atoms with Gasteiger partial charge in [0.15, 0.2) is 6.23 Å². The highest BCUT2D eigenvalue weighted by Crippen LogP contribution is 2.37. The first-order valence-electron chi connectivity index (χ1n) is 6.75. The summed E-state index contributed by atoms with van der Waals surface area (Å²) < 4.78 is 11.6. The van der Waals surface area contributed by atoms with Crippen LogP contribution >= 0.6 is 0 Å². The maximum Gasteiger partial charge on any atom is 0.330 e. The molecular formula is C12H19N3O7. The van der Waals surface area contributed by atoms with E-state index in [2.05, 4.69) is 0 Å². The van der Waals surface area contributed by atoms with Gasteiger partial charge >= 0.3 is 5.69 Å². The van der Waals surface area contributed by atoms with E-state index in [1.165, 1.54) is 0 Å². The molecule has 0 spiro atoms. The molecule has 1 aromatic rings. The Morgan fingerprint density at radius 3 is 2.77 bits per heavy atom. The van der Waals surface area contributed by atoms with Crippen molar-refractivity contribution in [3.8, 4) is 0 Å². The lowest BCUT2D eigenvalue weighted by molar-refractivity contribution is -0.281. The van der Waals surface area contributed by atoms with Crippen molar-refractivity contribution in [2.24, 2.45) is 5.73 Å². The molecule has 4 atom stereocenters. The minimum Gasteiger partial charge on any atom is -0.391 e. The number of aromatic nitrogens is 2. The zero-order valence-electron chi connectivity index (χ0n) is 11.7. The monoisotopic (exact) mass is 317 g/mol. The summed E-state index contributed by atoms with van der Waals surface area (Å²) in [5, 5.41) is 29.7. The molecule has 2 rings (SSSR count). The van der Waals surface area contributed by atoms with E-state index in [9.17, 15) is 24.9 Å². The number of nitrogens with one attached hydrogen (secondary N) is 1. The van der Waals surface area contributed by atoms with E-state index in [4.69, 9.17) is 15.2 Å². The van der Waals surface area contributed by atoms with E-state index in [0.717, 1.165) is 16.8 Å². The molecule has 10 nitrogen and oxygen atoms in total. The minimum atomic E-state index is -1.87. The van der Waals surface area contributed by atoms with Gasteiger partial charge in [-0.1, -0.05) is 0 Å². The van der Waals surface area contributed by atoms with Gasteiger partial charge in [-0.25, -0.2) is 4.79 Å². The highest BCUT2D eigenvalue weighted by molar-refractivity contribution is 4.97. The Kier molecular flexibility index (Phi) is 5.11. The molecule has 0 unspecified atom stereocenters. The third-order valence-corrected chi connectivity index (χ3v) is 3.43. The molecular weight excluding hydrogens is 298 g/mol. The van der Waals surface area contributed by atoms with Crippen molar-refractivity contribution in [1.82, 2.24) is 9.55 Å². The fourth-order valence-electron chi connectivity index (χ4n) is 2.23. The quantitative estimate of drug-likeness (QED) is 0.344. The van der Waals surface area contributed by atoms with Gasteiger partial charge in [0.1, 0.15) is 18.8 Å². The molecule has 1 saturated heterocycles. The second-order valence-corrected chi connectivity index (χ2v) is 4.92. The fourth-order valence-corrected chi connectivity index (χ4v) is 2.23. The Bertz CT molecular complexity index is 615. The van der Waals surface area contributed by atoms with Crippen LogP contribution in [0.5, 0.6) is 0 Å². The molecule has 1 fully saturated rings. The number of aromatic amines is 1. The molecule has 0 aromatic carbocycles. The predicted molar refractivity (Wildman–Crippen MR) is 72.9 cm³/mol. The Morgan fingerprint density at radius 2 is 2.18 bits per heavy atom. The lowest BCUT2D eigenvalue weighted by atomic mass is 10.1. The lowest BCUT2D eigenvalue weighted by Gasteiger charge is -2.29. The largest absolute Gasteiger partial charge is 0.391 e. The number of hydrogen-bond acceptors (Lipinski definition) is 8. The molecule has 0 saturated carbocycles. The number of hydrogen-bond donors (Lipinski definition) is 5. The summed E-state index contributed by atoms with van der Waals surface area (Å²) >= 11 is 0. The number of rotatable bonds is 6. The zero-order valence-corrected chi connectivity index (χ0v) is 11.7. The van der Waals surface area contributed by atoms with Gasteiger partial charge < -0.3 is 30.5 Å². The standard InChI is InChI=1S/C12H19N3O7/c13-3-1-5-21-12(6-16)9(19)8(18)10(22-12)15-4-2-7(17)14-11(15)20/h2,4,8-10,16,18-19H,1,3,5-6,13H2,(H,14,17,20)/t8-,9+,10-,12-/m1/s1. The van der Waals surface area contributed by atoms with Crippen LogP contribution in [0.3, 0.4) is 0 Å². The first kappa shape index (κ1) is 16.8. The number of H-pyrrole nitrogens is 1. The molecule has 6 N–H and O–H groups in total. The summed E-state index contributed by atoms with van der Waals surface area (Å²) in [6.45, 7) is -0.304. The molecule has 1 aliphatic heterocycles. The van der Waals surface area contributed by atoms with Crippen molar-refractivity contribution in [3.05, 3.63) is 33.1 Å². The van der Waals surface area contributed by atoms with Crippen LogP contribution in [0.1, 0.15) is 12.6 Å². The molecule has 0 amide bonds. The van der Waals surface area contributed by atoms with Gasteiger partial charge in [0.2, 0.25) is 5.79 Å². The Labute approximate surface area is 124 Å². The number of aliphatic hydroxyl groups excluding tert-OH is 3. The van der Waals surface area contributed by atoms with Crippen molar-refractivity contribution >= 4 is 0 Å². The highest BCUT2D eigenvalue weighted by atomic mass is 16.7. The number of aliphatic hydroxyl groups is 3. The van der Waals surface area contributed by atoms with Crippen LogP contribution in [-0.2, 0) is 9.47 Å². The van der Waals surface area contributed by atoms with Gasteiger partial charge in [-0.15, -0.1) is 0 Å². The van der Waals surface area contributed by atoms with E-state index in [-0.39, 0.29) is 6.61 Å². The van der Waals surface area contributed by atoms with Gasteiger partial charge in [0, 0.05) is 12.3 Å². The lowest BCUT2D eigenvalue weighted by Crippen LogP contribution is -2.49. The van der Waals surface area contributed by atoms with Crippen LogP contribution in [0.25, 0.3) is 0 Å². The Hall–Kier alpha value is -1.56. The molecule has 1 aromatic heterocycles. The number of ether oxygens (including phenoxy) is 2. The summed E-state index contributed by atoms with van der Waals surface area (Å²) in [5.41, 5.74) is 3.91. The second kappa shape index (κ2) is 6.69. The Morgan fingerprint density at radius 1 is 1.45 bits per heavy atom. The average Bonchev–Trinajstić information content (AvgIpc) is 2.73. The van der Waals surface area contributed by atoms with Crippen molar-refractivity contribution < 1.29 is 24.8 Å². The molecule has 124 valence electrons. The topological polar surface area (TPSA) is 160 Å². The maximum absolute atomic E-state index is 11.8. The maximum atomic E-state index is 11.8. The Balaban J connectivity index is 2.28. The SMILES string of the molecule is NCCCO[C@]1(CO)O[C@@H](n2ccc(=O)[nH]c2=O)[C@H](O)[C@@H]1O. The summed E-state index contributed by atoms with van der Waals surface area (Å²) in [4.78, 5) is 24.8. The average molecular weight is 317 g/mol. The highest BCUT2D eigenvalue weighted by Gasteiger charge is 2.56. The third-order valence-electron chi connectivity index (χ3n) is 3.43. The summed E-state index contributed by atoms with van der Waals surface area (Å²) in [7, 11) is 0. The van der Waals surface area contributed by atoms with Gasteiger partial charge in [-0.2, -0.15) is 0 Å². The zero-order chi connectivity index (χ0) is 16.3. The van der Waals surface area contributed by atoms with Crippen LogP contribution in [0.2, 0.25) is 0 Å². The summed E-state index contributed by atoms with van der Waals surface area (Å²) in [6, 6.07) is 1.07. The van der Waals surface area contributed by atoms with Crippen LogP contribution in [0.4, 0.5) is 0 Å². The van der Waals surface area contributed by atoms with E-state index >= 15 is 0 Å². The molecule has 22 heavy (non-hydrogen) atoms.